The molecular weight excluding hydrogens is 254 g/mol. The number of rotatable bonds is 4. The summed E-state index contributed by atoms with van der Waals surface area (Å²) < 4.78 is 1.84. The van der Waals surface area contributed by atoms with Crippen LogP contribution in [0.2, 0.25) is 0 Å². The topological polar surface area (TPSA) is 53.4 Å². The number of amides is 1. The molecule has 0 unspecified atom stereocenters. The minimum absolute atomic E-state index is 0.180. The second kappa shape index (κ2) is 6.26. The first-order chi connectivity index (χ1) is 9.45. The number of likely N-dealkylation sites (tertiary alicyclic amines) is 1. The minimum Gasteiger partial charge on any atom is -0.379 e. The molecule has 0 radical (unpaired) electrons. The zero-order chi connectivity index (χ0) is 14.7. The summed E-state index contributed by atoms with van der Waals surface area (Å²) in [6, 6.07) is 0.476. The van der Waals surface area contributed by atoms with E-state index in [4.69, 9.17) is 0 Å². The molecule has 0 spiro atoms. The first-order valence-corrected chi connectivity index (χ1v) is 7.15. The first-order valence-electron chi connectivity index (χ1n) is 7.15. The van der Waals surface area contributed by atoms with Gasteiger partial charge in [-0.2, -0.15) is 5.10 Å². The van der Waals surface area contributed by atoms with Gasteiger partial charge in [-0.05, 0) is 19.8 Å². The van der Waals surface area contributed by atoms with Crippen molar-refractivity contribution in [2.45, 2.75) is 25.8 Å². The van der Waals surface area contributed by atoms with Gasteiger partial charge in [-0.15, -0.1) is 0 Å². The fourth-order valence-corrected chi connectivity index (χ4v) is 2.53. The van der Waals surface area contributed by atoms with Crippen LogP contribution in [0.5, 0.6) is 0 Å². The van der Waals surface area contributed by atoms with Gasteiger partial charge in [0.2, 0.25) is 5.91 Å². The van der Waals surface area contributed by atoms with Crippen LogP contribution >= 0.6 is 0 Å². The Bertz CT molecular complexity index is 460. The average molecular weight is 279 g/mol. The second-order valence-electron chi connectivity index (χ2n) is 5.78. The van der Waals surface area contributed by atoms with E-state index in [2.05, 4.69) is 15.3 Å². The van der Waals surface area contributed by atoms with Crippen LogP contribution in [0, 0.1) is 6.92 Å². The molecule has 1 amide bonds. The van der Waals surface area contributed by atoms with Gasteiger partial charge < -0.3 is 10.2 Å². The maximum atomic E-state index is 11.7. The van der Waals surface area contributed by atoms with E-state index < -0.39 is 0 Å². The lowest BCUT2D eigenvalue weighted by Crippen LogP contribution is -2.43. The molecule has 6 heteroatoms. The molecule has 0 bridgehead atoms. The molecule has 2 rings (SSSR count). The lowest BCUT2D eigenvalue weighted by Gasteiger charge is -2.32. The van der Waals surface area contributed by atoms with E-state index in [1.54, 1.807) is 4.90 Å². The molecule has 1 fully saturated rings. The van der Waals surface area contributed by atoms with Crippen molar-refractivity contribution in [1.82, 2.24) is 19.6 Å². The summed E-state index contributed by atoms with van der Waals surface area (Å²) in [6.07, 6.45) is 4.15. The van der Waals surface area contributed by atoms with Gasteiger partial charge in [-0.1, -0.05) is 0 Å². The maximum Gasteiger partial charge on any atom is 0.236 e. The number of piperidine rings is 1. The molecule has 0 aromatic carbocycles. The molecule has 0 atom stereocenters. The van der Waals surface area contributed by atoms with Gasteiger partial charge in [0.15, 0.2) is 0 Å². The Morgan fingerprint density at radius 1 is 1.45 bits per heavy atom. The normalized spacial score (nSPS) is 17.2. The summed E-state index contributed by atoms with van der Waals surface area (Å²) in [4.78, 5) is 15.6. The first kappa shape index (κ1) is 14.8. The Morgan fingerprint density at radius 2 is 2.10 bits per heavy atom. The number of nitrogens with one attached hydrogen (secondary N) is 1. The highest BCUT2D eigenvalue weighted by Gasteiger charge is 2.21. The van der Waals surface area contributed by atoms with Crippen molar-refractivity contribution in [3.05, 3.63) is 11.9 Å². The molecule has 1 N–H and O–H groups in total. The van der Waals surface area contributed by atoms with Crippen molar-refractivity contribution in [2.75, 3.05) is 39.0 Å². The highest BCUT2D eigenvalue weighted by molar-refractivity contribution is 5.77. The summed E-state index contributed by atoms with van der Waals surface area (Å²) in [5.74, 6) is 0.180. The Balaban J connectivity index is 1.80. The van der Waals surface area contributed by atoms with Crippen LogP contribution in [0.4, 0.5) is 5.69 Å². The van der Waals surface area contributed by atoms with Gasteiger partial charge in [0, 0.05) is 46.5 Å². The number of aromatic nitrogens is 2. The maximum absolute atomic E-state index is 11.7. The third-order valence-electron chi connectivity index (χ3n) is 3.82. The molecule has 1 aliphatic rings. The summed E-state index contributed by atoms with van der Waals surface area (Å²) in [6.45, 7) is 4.49. The fourth-order valence-electron chi connectivity index (χ4n) is 2.53. The number of aryl methyl sites for hydroxylation is 2. The predicted molar refractivity (Wildman–Crippen MR) is 79.7 cm³/mol. The van der Waals surface area contributed by atoms with E-state index in [1.165, 1.54) is 0 Å². The van der Waals surface area contributed by atoms with Crippen molar-refractivity contribution in [3.8, 4) is 0 Å². The van der Waals surface area contributed by atoms with Crippen LogP contribution in [-0.2, 0) is 11.8 Å². The van der Waals surface area contributed by atoms with Crippen molar-refractivity contribution >= 4 is 11.6 Å². The number of carbonyl (C=O) groups excluding carboxylic acids is 1. The van der Waals surface area contributed by atoms with Gasteiger partial charge >= 0.3 is 0 Å². The molecule has 1 aromatic heterocycles. The Labute approximate surface area is 120 Å². The van der Waals surface area contributed by atoms with Crippen LogP contribution in [0.3, 0.4) is 0 Å². The van der Waals surface area contributed by atoms with Gasteiger partial charge in [-0.25, -0.2) is 0 Å². The van der Waals surface area contributed by atoms with Gasteiger partial charge in [0.25, 0.3) is 0 Å². The fraction of sp³-hybridized carbons (Fsp3) is 0.714. The Kier molecular flexibility index (Phi) is 4.65. The van der Waals surface area contributed by atoms with E-state index >= 15 is 0 Å². The van der Waals surface area contributed by atoms with Crippen LogP contribution in [0.25, 0.3) is 0 Å². The molecule has 112 valence electrons. The monoisotopic (exact) mass is 279 g/mol. The average Bonchev–Trinajstić information content (AvgIpc) is 2.70. The molecule has 20 heavy (non-hydrogen) atoms. The summed E-state index contributed by atoms with van der Waals surface area (Å²) in [5, 5.41) is 7.91. The summed E-state index contributed by atoms with van der Waals surface area (Å²) >= 11 is 0. The van der Waals surface area contributed by atoms with Crippen LogP contribution < -0.4 is 5.32 Å². The van der Waals surface area contributed by atoms with Gasteiger partial charge in [-0.3, -0.25) is 14.4 Å². The molecule has 0 aliphatic carbocycles. The number of hydrogen-bond donors (Lipinski definition) is 1. The zero-order valence-electron chi connectivity index (χ0n) is 12.9. The highest BCUT2D eigenvalue weighted by Crippen LogP contribution is 2.18. The van der Waals surface area contributed by atoms with E-state index in [0.29, 0.717) is 12.6 Å². The second-order valence-corrected chi connectivity index (χ2v) is 5.78. The van der Waals surface area contributed by atoms with Crippen molar-refractivity contribution in [1.29, 1.82) is 0 Å². The van der Waals surface area contributed by atoms with Crippen LogP contribution in [0.1, 0.15) is 18.5 Å². The molecule has 1 saturated heterocycles. The smallest absolute Gasteiger partial charge is 0.236 e. The van der Waals surface area contributed by atoms with Crippen molar-refractivity contribution in [3.63, 3.8) is 0 Å². The molecule has 0 saturated carbocycles. The minimum atomic E-state index is 0.180. The van der Waals surface area contributed by atoms with E-state index in [-0.39, 0.29) is 5.91 Å². The Hall–Kier alpha value is -1.56. The van der Waals surface area contributed by atoms with Gasteiger partial charge in [0.1, 0.15) is 0 Å². The van der Waals surface area contributed by atoms with Gasteiger partial charge in [0.05, 0.1) is 17.9 Å². The lowest BCUT2D eigenvalue weighted by atomic mass is 10.0. The van der Waals surface area contributed by atoms with Crippen molar-refractivity contribution in [2.24, 2.45) is 7.05 Å². The lowest BCUT2D eigenvalue weighted by molar-refractivity contribution is -0.130. The van der Waals surface area contributed by atoms with E-state index in [9.17, 15) is 4.79 Å². The SMILES string of the molecule is Cc1nn(C)cc1NC1CCN(CC(=O)N(C)C)CC1. The quantitative estimate of drug-likeness (QED) is 0.881. The van der Waals surface area contributed by atoms with E-state index in [1.807, 2.05) is 38.9 Å². The van der Waals surface area contributed by atoms with Crippen molar-refractivity contribution < 1.29 is 4.79 Å². The third-order valence-corrected chi connectivity index (χ3v) is 3.82. The number of hydrogen-bond acceptors (Lipinski definition) is 4. The molecule has 1 aromatic rings. The molecule has 2 heterocycles. The number of likely N-dealkylation sites (N-methyl/N-ethyl adjacent to an activating group) is 1. The summed E-state index contributed by atoms with van der Waals surface area (Å²) in [7, 11) is 5.55. The summed E-state index contributed by atoms with van der Waals surface area (Å²) in [5.41, 5.74) is 2.16. The highest BCUT2D eigenvalue weighted by atomic mass is 16.2. The Morgan fingerprint density at radius 3 is 2.60 bits per heavy atom. The number of carbonyl (C=O) groups is 1. The largest absolute Gasteiger partial charge is 0.379 e. The molecule has 1 aliphatic heterocycles. The number of anilines is 1. The molecule has 6 nitrogen and oxygen atoms in total. The number of nitrogens with zero attached hydrogens (tertiary/aromatic N) is 4. The van der Waals surface area contributed by atoms with Crippen LogP contribution in [0.15, 0.2) is 6.20 Å². The predicted octanol–water partition coefficient (Wildman–Crippen LogP) is 0.693. The molecular formula is C14H25N5O. The zero-order valence-corrected chi connectivity index (χ0v) is 12.9. The van der Waals surface area contributed by atoms with E-state index in [0.717, 1.165) is 37.3 Å². The third kappa shape index (κ3) is 3.72. The van der Waals surface area contributed by atoms with Crippen LogP contribution in [-0.4, -0.2) is 65.3 Å². The standard InChI is InChI=1S/C14H25N5O/c1-11-13(9-18(4)16-11)15-12-5-7-19(8-6-12)10-14(20)17(2)3/h9,12,15H,5-8,10H2,1-4H3.